The zero-order valence-corrected chi connectivity index (χ0v) is 22.6. The minimum Gasteiger partial charge on any atom is -0.508 e. The van der Waals surface area contributed by atoms with Gasteiger partial charge >= 0.3 is 5.97 Å². The number of nitrogens with two attached hydrogens (primary N) is 1. The van der Waals surface area contributed by atoms with Crippen LogP contribution in [0.15, 0.2) is 48.5 Å². The molecule has 0 unspecified atom stereocenters. The van der Waals surface area contributed by atoms with Gasteiger partial charge in [-0.3, -0.25) is 19.2 Å². The smallest absolute Gasteiger partial charge is 0.327 e. The molecule has 2 rings (SSSR count). The first-order valence-electron chi connectivity index (χ1n) is 12.2. The first-order chi connectivity index (χ1) is 18.9. The van der Waals surface area contributed by atoms with Crippen molar-refractivity contribution in [3.8, 4) is 11.5 Å². The standard InChI is InChI=1S/C26H33N5O8S/c1-14(29-24(36)19(27)10-15-2-6-17(32)7-3-15)23(35)28-12-22(34)30-20(11-16-4-8-18(33)9-5-16)25(37)31-21(13-40)26(38)39/h2-9,14,19-21,32-33,40H,10-13,27H2,1H3,(H,28,35)(H,29,36)(H,30,34)(H,31,37)(H,38,39)/t14-,19-,20-,21-/m0/s1. The molecule has 0 bridgehead atoms. The first kappa shape index (κ1) is 31.9. The third kappa shape index (κ3) is 10.5. The highest BCUT2D eigenvalue weighted by molar-refractivity contribution is 7.80. The Morgan fingerprint density at radius 3 is 1.80 bits per heavy atom. The van der Waals surface area contributed by atoms with Crippen molar-refractivity contribution in [2.24, 2.45) is 5.73 Å². The Bertz CT molecular complexity index is 1190. The van der Waals surface area contributed by atoms with Gasteiger partial charge in [-0.15, -0.1) is 0 Å². The summed E-state index contributed by atoms with van der Waals surface area (Å²) in [6.45, 7) is 0.871. The second-order valence-corrected chi connectivity index (χ2v) is 9.36. The lowest BCUT2D eigenvalue weighted by atomic mass is 10.0. The number of phenols is 2. The number of hydrogen-bond donors (Lipinski definition) is 9. The minimum absolute atomic E-state index is 0.0000326. The molecule has 9 N–H and O–H groups in total. The molecular formula is C26H33N5O8S. The second-order valence-electron chi connectivity index (χ2n) is 9.00. The van der Waals surface area contributed by atoms with Gasteiger partial charge < -0.3 is 42.3 Å². The van der Waals surface area contributed by atoms with Gasteiger partial charge in [0.1, 0.15) is 29.6 Å². The van der Waals surface area contributed by atoms with E-state index in [1.807, 2.05) is 0 Å². The summed E-state index contributed by atoms with van der Waals surface area (Å²) >= 11 is 3.91. The topological polar surface area (TPSA) is 220 Å². The number of aromatic hydroxyl groups is 2. The summed E-state index contributed by atoms with van der Waals surface area (Å²) in [5.41, 5.74) is 7.19. The quantitative estimate of drug-likeness (QED) is 0.124. The zero-order chi connectivity index (χ0) is 29.8. The average Bonchev–Trinajstić information content (AvgIpc) is 2.91. The highest BCUT2D eigenvalue weighted by atomic mass is 32.1. The summed E-state index contributed by atoms with van der Waals surface area (Å²) in [5.74, 6) is -4.21. The van der Waals surface area contributed by atoms with E-state index in [-0.39, 0.29) is 30.1 Å². The molecule has 0 radical (unpaired) electrons. The number of carboxylic acid groups (broad SMARTS) is 1. The molecule has 40 heavy (non-hydrogen) atoms. The molecule has 4 atom stereocenters. The number of carboxylic acids is 1. The first-order valence-corrected chi connectivity index (χ1v) is 12.9. The Labute approximate surface area is 235 Å². The monoisotopic (exact) mass is 575 g/mol. The molecule has 0 heterocycles. The summed E-state index contributed by atoms with van der Waals surface area (Å²) in [7, 11) is 0. The van der Waals surface area contributed by atoms with Crippen LogP contribution < -0.4 is 27.0 Å². The summed E-state index contributed by atoms with van der Waals surface area (Å²) in [6, 6.07) is 7.53. The van der Waals surface area contributed by atoms with Gasteiger partial charge in [0.25, 0.3) is 0 Å². The fourth-order valence-corrected chi connectivity index (χ4v) is 3.71. The fraction of sp³-hybridized carbons (Fsp3) is 0.346. The van der Waals surface area contributed by atoms with Gasteiger partial charge in [-0.25, -0.2) is 4.79 Å². The molecule has 216 valence electrons. The number of benzene rings is 2. The van der Waals surface area contributed by atoms with Gasteiger partial charge in [-0.2, -0.15) is 12.6 Å². The lowest BCUT2D eigenvalue weighted by Crippen LogP contribution is -2.55. The summed E-state index contributed by atoms with van der Waals surface area (Å²) in [4.78, 5) is 61.5. The number of rotatable bonds is 14. The van der Waals surface area contributed by atoms with E-state index in [0.717, 1.165) is 0 Å². The normalized spacial score (nSPS) is 13.7. The molecule has 4 amide bonds. The molecule has 0 aliphatic carbocycles. The van der Waals surface area contributed by atoms with E-state index in [4.69, 9.17) is 5.73 Å². The van der Waals surface area contributed by atoms with Crippen LogP contribution in [0.4, 0.5) is 0 Å². The van der Waals surface area contributed by atoms with Gasteiger partial charge in [0.15, 0.2) is 0 Å². The van der Waals surface area contributed by atoms with Crippen molar-refractivity contribution in [3.63, 3.8) is 0 Å². The molecule has 0 aliphatic rings. The summed E-state index contributed by atoms with van der Waals surface area (Å²) < 4.78 is 0. The Kier molecular flexibility index (Phi) is 12.2. The second kappa shape index (κ2) is 15.3. The largest absolute Gasteiger partial charge is 0.508 e. The van der Waals surface area contributed by atoms with E-state index < -0.39 is 60.3 Å². The maximum atomic E-state index is 12.8. The van der Waals surface area contributed by atoms with Gasteiger partial charge in [0.05, 0.1) is 12.6 Å². The third-order valence-corrected chi connectivity index (χ3v) is 6.09. The molecule has 2 aromatic rings. The van der Waals surface area contributed by atoms with E-state index >= 15 is 0 Å². The number of amides is 4. The van der Waals surface area contributed by atoms with Crippen molar-refractivity contribution < 1.29 is 39.3 Å². The number of aliphatic carboxylic acids is 1. The molecule has 0 saturated heterocycles. The molecule has 13 nitrogen and oxygen atoms in total. The van der Waals surface area contributed by atoms with E-state index in [1.54, 1.807) is 12.1 Å². The van der Waals surface area contributed by atoms with Crippen LogP contribution in [-0.4, -0.2) is 81.4 Å². The van der Waals surface area contributed by atoms with Crippen LogP contribution in [-0.2, 0) is 36.8 Å². The van der Waals surface area contributed by atoms with E-state index in [1.165, 1.54) is 43.3 Å². The number of hydrogen-bond acceptors (Lipinski definition) is 9. The SMILES string of the molecule is C[C@H](NC(=O)[C@@H](N)Cc1ccc(O)cc1)C(=O)NCC(=O)N[C@@H](Cc1ccc(O)cc1)C(=O)N[C@@H](CS)C(=O)O. The Balaban J connectivity index is 1.93. The summed E-state index contributed by atoms with van der Waals surface area (Å²) in [6.07, 6.45) is 0.138. The number of carbonyl (C=O) groups is 5. The Morgan fingerprint density at radius 2 is 1.30 bits per heavy atom. The predicted molar refractivity (Wildman–Crippen MR) is 148 cm³/mol. The molecule has 0 saturated carbocycles. The maximum absolute atomic E-state index is 12.8. The molecule has 0 spiro atoms. The van der Waals surface area contributed by atoms with Crippen LogP contribution in [0.25, 0.3) is 0 Å². The molecule has 0 fully saturated rings. The van der Waals surface area contributed by atoms with Crippen LogP contribution in [0.3, 0.4) is 0 Å². The average molecular weight is 576 g/mol. The van der Waals surface area contributed by atoms with Gasteiger partial charge in [-0.1, -0.05) is 24.3 Å². The van der Waals surface area contributed by atoms with Crippen LogP contribution >= 0.6 is 12.6 Å². The van der Waals surface area contributed by atoms with Crippen molar-refractivity contribution in [2.75, 3.05) is 12.3 Å². The van der Waals surface area contributed by atoms with Crippen molar-refractivity contribution in [2.45, 2.75) is 43.9 Å². The number of nitrogens with one attached hydrogen (secondary N) is 4. The molecule has 0 aliphatic heterocycles. The lowest BCUT2D eigenvalue weighted by molar-refractivity contribution is -0.141. The fourth-order valence-electron chi connectivity index (χ4n) is 3.47. The third-order valence-electron chi connectivity index (χ3n) is 5.73. The van der Waals surface area contributed by atoms with Crippen molar-refractivity contribution >= 4 is 42.2 Å². The predicted octanol–water partition coefficient (Wildman–Crippen LogP) is -1.18. The number of phenolic OH excluding ortho intramolecular Hbond substituents is 2. The lowest BCUT2D eigenvalue weighted by Gasteiger charge is -2.21. The molecule has 2 aromatic carbocycles. The van der Waals surface area contributed by atoms with Crippen LogP contribution in [0.1, 0.15) is 18.1 Å². The van der Waals surface area contributed by atoms with Gasteiger partial charge in [0, 0.05) is 12.2 Å². The van der Waals surface area contributed by atoms with Gasteiger partial charge in [0.2, 0.25) is 23.6 Å². The van der Waals surface area contributed by atoms with Crippen molar-refractivity contribution in [3.05, 3.63) is 59.7 Å². The summed E-state index contributed by atoms with van der Waals surface area (Å²) in [5, 5.41) is 37.6. The van der Waals surface area contributed by atoms with Crippen molar-refractivity contribution in [1.82, 2.24) is 21.3 Å². The zero-order valence-electron chi connectivity index (χ0n) is 21.7. The molecule has 0 aromatic heterocycles. The highest BCUT2D eigenvalue weighted by Crippen LogP contribution is 2.12. The minimum atomic E-state index is -1.30. The number of thiol groups is 1. The molecule has 14 heteroatoms. The van der Waals surface area contributed by atoms with E-state index in [2.05, 4.69) is 33.9 Å². The Morgan fingerprint density at radius 1 is 0.775 bits per heavy atom. The Hall–Kier alpha value is -4.30. The van der Waals surface area contributed by atoms with Crippen LogP contribution in [0, 0.1) is 0 Å². The van der Waals surface area contributed by atoms with Gasteiger partial charge in [-0.05, 0) is 48.7 Å². The van der Waals surface area contributed by atoms with Crippen LogP contribution in [0.2, 0.25) is 0 Å². The molecular weight excluding hydrogens is 542 g/mol. The number of carbonyl (C=O) groups excluding carboxylic acids is 4. The maximum Gasteiger partial charge on any atom is 0.327 e. The van der Waals surface area contributed by atoms with Crippen molar-refractivity contribution in [1.29, 1.82) is 0 Å². The van der Waals surface area contributed by atoms with E-state index in [0.29, 0.717) is 11.1 Å². The van der Waals surface area contributed by atoms with E-state index in [9.17, 15) is 39.3 Å². The highest BCUT2D eigenvalue weighted by Gasteiger charge is 2.27. The van der Waals surface area contributed by atoms with Crippen LogP contribution in [0.5, 0.6) is 11.5 Å².